The molecule has 2 amide bonds. The molecular weight excluding hydrogens is 218 g/mol. The predicted molar refractivity (Wildman–Crippen MR) is 63.2 cm³/mol. The summed E-state index contributed by atoms with van der Waals surface area (Å²) in [6.45, 7) is 0.211. The van der Waals surface area contributed by atoms with Crippen LogP contribution in [0.4, 0.5) is 0 Å². The van der Waals surface area contributed by atoms with Crippen LogP contribution in [-0.2, 0) is 9.59 Å². The number of carbonyl (C=O) groups excluding carboxylic acids is 2. The van der Waals surface area contributed by atoms with E-state index in [0.29, 0.717) is 12.8 Å². The molecule has 1 N–H and O–H groups in total. The van der Waals surface area contributed by atoms with Crippen LogP contribution in [0.15, 0.2) is 0 Å². The second kappa shape index (κ2) is 5.63. The highest BCUT2D eigenvalue weighted by molar-refractivity contribution is 5.96. The zero-order valence-electron chi connectivity index (χ0n) is 10.2. The van der Waals surface area contributed by atoms with Crippen LogP contribution in [0.2, 0.25) is 0 Å². The minimum absolute atomic E-state index is 0.107. The summed E-state index contributed by atoms with van der Waals surface area (Å²) in [5.41, 5.74) is 0. The van der Waals surface area contributed by atoms with E-state index in [2.05, 4.69) is 0 Å². The van der Waals surface area contributed by atoms with Gasteiger partial charge in [-0.1, -0.05) is 12.8 Å². The van der Waals surface area contributed by atoms with Crippen molar-refractivity contribution in [1.82, 2.24) is 4.90 Å². The fourth-order valence-corrected chi connectivity index (χ4v) is 2.84. The molecule has 1 aliphatic carbocycles. The fraction of sp³-hybridized carbons (Fsp3) is 0.846. The maximum Gasteiger partial charge on any atom is 0.229 e. The average molecular weight is 239 g/mol. The van der Waals surface area contributed by atoms with E-state index in [9.17, 15) is 14.7 Å². The molecule has 0 bridgehead atoms. The lowest BCUT2D eigenvalue weighted by atomic mass is 10.0. The van der Waals surface area contributed by atoms with Gasteiger partial charge in [-0.3, -0.25) is 14.5 Å². The van der Waals surface area contributed by atoms with E-state index in [1.54, 1.807) is 0 Å². The van der Waals surface area contributed by atoms with Gasteiger partial charge >= 0.3 is 0 Å². The van der Waals surface area contributed by atoms with E-state index < -0.39 is 6.10 Å². The Morgan fingerprint density at radius 1 is 1.06 bits per heavy atom. The minimum atomic E-state index is -0.525. The molecule has 0 aromatic rings. The van der Waals surface area contributed by atoms with Gasteiger partial charge in [0.2, 0.25) is 11.8 Å². The first-order valence-corrected chi connectivity index (χ1v) is 6.70. The maximum absolute atomic E-state index is 11.8. The summed E-state index contributed by atoms with van der Waals surface area (Å²) in [6.07, 6.45) is 6.32. The van der Waals surface area contributed by atoms with Crippen LogP contribution in [0, 0.1) is 5.92 Å². The molecule has 2 rings (SSSR count). The van der Waals surface area contributed by atoms with E-state index >= 15 is 0 Å². The van der Waals surface area contributed by atoms with Gasteiger partial charge in [0, 0.05) is 12.8 Å². The predicted octanol–water partition coefficient (Wildman–Crippen LogP) is 1.47. The number of amides is 2. The third-order valence-electron chi connectivity index (χ3n) is 3.95. The van der Waals surface area contributed by atoms with Crippen molar-refractivity contribution in [3.63, 3.8) is 0 Å². The third-order valence-corrected chi connectivity index (χ3v) is 3.95. The molecule has 0 radical (unpaired) electrons. The Kier molecular flexibility index (Phi) is 4.15. The molecule has 1 atom stereocenters. The van der Waals surface area contributed by atoms with Crippen LogP contribution in [0.3, 0.4) is 0 Å². The van der Waals surface area contributed by atoms with Crippen molar-refractivity contribution in [2.24, 2.45) is 5.92 Å². The van der Waals surface area contributed by atoms with Crippen molar-refractivity contribution in [2.75, 3.05) is 6.54 Å². The van der Waals surface area contributed by atoms with Crippen molar-refractivity contribution in [3.05, 3.63) is 0 Å². The summed E-state index contributed by atoms with van der Waals surface area (Å²) in [5.74, 6) is 0.0629. The van der Waals surface area contributed by atoms with Crippen molar-refractivity contribution >= 4 is 11.8 Å². The number of aliphatic hydroxyl groups is 1. The SMILES string of the molecule is O=C1CCCCC(=O)N1CC(O)C1CCCC1. The summed E-state index contributed by atoms with van der Waals surface area (Å²) in [6, 6.07) is 0. The third kappa shape index (κ3) is 3.06. The number of nitrogens with zero attached hydrogens (tertiary/aromatic N) is 1. The van der Waals surface area contributed by atoms with Gasteiger partial charge in [-0.05, 0) is 31.6 Å². The number of hydrogen-bond donors (Lipinski definition) is 1. The van der Waals surface area contributed by atoms with Crippen LogP contribution >= 0.6 is 0 Å². The van der Waals surface area contributed by atoms with E-state index in [-0.39, 0.29) is 24.3 Å². The molecule has 1 aliphatic heterocycles. The Morgan fingerprint density at radius 3 is 2.12 bits per heavy atom. The van der Waals surface area contributed by atoms with Crippen molar-refractivity contribution < 1.29 is 14.7 Å². The van der Waals surface area contributed by atoms with Crippen LogP contribution in [0.25, 0.3) is 0 Å². The number of hydrogen-bond acceptors (Lipinski definition) is 3. The lowest BCUT2D eigenvalue weighted by molar-refractivity contribution is -0.146. The van der Waals surface area contributed by atoms with Gasteiger partial charge < -0.3 is 5.11 Å². The monoisotopic (exact) mass is 239 g/mol. The first-order chi connectivity index (χ1) is 8.18. The van der Waals surface area contributed by atoms with E-state index in [1.807, 2.05) is 0 Å². The number of β-amino-alcohol motifs (C(OH)–C–C–N with tert-alkyl or cyclic N) is 1. The second-order valence-corrected chi connectivity index (χ2v) is 5.22. The topological polar surface area (TPSA) is 57.6 Å². The number of rotatable bonds is 3. The van der Waals surface area contributed by atoms with Gasteiger partial charge in [0.25, 0.3) is 0 Å². The summed E-state index contributed by atoms with van der Waals surface area (Å²) < 4.78 is 0. The fourth-order valence-electron chi connectivity index (χ4n) is 2.84. The lowest BCUT2D eigenvalue weighted by Gasteiger charge is -2.25. The van der Waals surface area contributed by atoms with E-state index in [1.165, 1.54) is 4.90 Å². The Balaban J connectivity index is 1.94. The van der Waals surface area contributed by atoms with Gasteiger partial charge in [0.05, 0.1) is 12.6 Å². The highest BCUT2D eigenvalue weighted by atomic mass is 16.3. The molecule has 4 nitrogen and oxygen atoms in total. The summed E-state index contributed by atoms with van der Waals surface area (Å²) in [4.78, 5) is 24.8. The molecule has 4 heteroatoms. The maximum atomic E-state index is 11.8. The Morgan fingerprint density at radius 2 is 1.59 bits per heavy atom. The zero-order valence-corrected chi connectivity index (χ0v) is 10.2. The second-order valence-electron chi connectivity index (χ2n) is 5.22. The molecule has 1 heterocycles. The first-order valence-electron chi connectivity index (χ1n) is 6.70. The standard InChI is InChI=1S/C13H21NO3/c15-11(10-5-1-2-6-10)9-14-12(16)7-3-4-8-13(14)17/h10-11,15H,1-9H2. The first kappa shape index (κ1) is 12.6. The lowest BCUT2D eigenvalue weighted by Crippen LogP contribution is -2.42. The molecule has 1 saturated heterocycles. The van der Waals surface area contributed by atoms with Gasteiger partial charge in [0.1, 0.15) is 0 Å². The number of carbonyl (C=O) groups is 2. The summed E-state index contributed by atoms with van der Waals surface area (Å²) in [5, 5.41) is 10.1. The Hall–Kier alpha value is -0.900. The van der Waals surface area contributed by atoms with E-state index in [0.717, 1.165) is 38.5 Å². The van der Waals surface area contributed by atoms with Crippen LogP contribution in [0.1, 0.15) is 51.4 Å². The molecule has 1 saturated carbocycles. The molecule has 1 unspecified atom stereocenters. The highest BCUT2D eigenvalue weighted by Crippen LogP contribution is 2.28. The molecule has 2 aliphatic rings. The highest BCUT2D eigenvalue weighted by Gasteiger charge is 2.30. The van der Waals surface area contributed by atoms with Gasteiger partial charge in [0.15, 0.2) is 0 Å². The van der Waals surface area contributed by atoms with Crippen LogP contribution in [0.5, 0.6) is 0 Å². The van der Waals surface area contributed by atoms with Gasteiger partial charge in [-0.25, -0.2) is 0 Å². The van der Waals surface area contributed by atoms with Gasteiger partial charge in [-0.15, -0.1) is 0 Å². The molecule has 96 valence electrons. The largest absolute Gasteiger partial charge is 0.391 e. The summed E-state index contributed by atoms with van der Waals surface area (Å²) >= 11 is 0. The smallest absolute Gasteiger partial charge is 0.229 e. The van der Waals surface area contributed by atoms with Crippen molar-refractivity contribution in [2.45, 2.75) is 57.5 Å². The molecular formula is C13H21NO3. The van der Waals surface area contributed by atoms with Crippen molar-refractivity contribution in [3.8, 4) is 0 Å². The Bertz CT molecular complexity index is 279. The van der Waals surface area contributed by atoms with E-state index in [4.69, 9.17) is 0 Å². The minimum Gasteiger partial charge on any atom is -0.391 e. The van der Waals surface area contributed by atoms with Crippen LogP contribution in [-0.4, -0.2) is 34.5 Å². The quantitative estimate of drug-likeness (QED) is 0.759. The molecule has 0 spiro atoms. The van der Waals surface area contributed by atoms with Crippen molar-refractivity contribution in [1.29, 1.82) is 0 Å². The summed E-state index contributed by atoms with van der Waals surface area (Å²) in [7, 11) is 0. The number of imide groups is 1. The number of likely N-dealkylation sites (tertiary alicyclic amines) is 1. The molecule has 0 aromatic carbocycles. The Labute approximate surface area is 102 Å². The molecule has 17 heavy (non-hydrogen) atoms. The normalized spacial score (nSPS) is 25.1. The molecule has 0 aromatic heterocycles. The zero-order chi connectivity index (χ0) is 12.3. The molecule has 2 fully saturated rings. The number of aliphatic hydroxyl groups excluding tert-OH is 1. The van der Waals surface area contributed by atoms with Crippen LogP contribution < -0.4 is 0 Å². The average Bonchev–Trinajstić information content (AvgIpc) is 2.79. The van der Waals surface area contributed by atoms with Gasteiger partial charge in [-0.2, -0.15) is 0 Å².